The first-order chi connectivity index (χ1) is 37.6. The maximum Gasteiger partial charge on any atom is 0.428 e. The summed E-state index contributed by atoms with van der Waals surface area (Å²) in [5.74, 6) is -3.25. The molecule has 7 heterocycles. The molecule has 19 heteroatoms. The van der Waals surface area contributed by atoms with Crippen LogP contribution in [0.2, 0.25) is 0 Å². The number of hydrogen-bond acceptors (Lipinski definition) is 15. The molecule has 2 aliphatic carbocycles. The Bertz CT molecular complexity index is 2980. The van der Waals surface area contributed by atoms with E-state index in [0.717, 1.165) is 27.7 Å². The Morgan fingerprint density at radius 3 is 2.39 bits per heavy atom. The maximum atomic E-state index is 15.3. The molecule has 3 saturated heterocycles. The van der Waals surface area contributed by atoms with E-state index in [9.17, 15) is 34.5 Å². The smallest absolute Gasteiger partial charge is 0.428 e. The van der Waals surface area contributed by atoms with Crippen molar-refractivity contribution in [1.29, 1.82) is 0 Å². The molecule has 6 aliphatic heterocycles. The van der Waals surface area contributed by atoms with Crippen molar-refractivity contribution in [3.63, 3.8) is 0 Å². The molecule has 6 N–H and O–H groups in total. The van der Waals surface area contributed by atoms with Crippen molar-refractivity contribution in [3.05, 3.63) is 77.0 Å². The Hall–Kier alpha value is -5.86. The highest BCUT2D eigenvalue weighted by Crippen LogP contribution is 2.67. The van der Waals surface area contributed by atoms with Crippen molar-refractivity contribution >= 4 is 52.3 Å². The Morgan fingerprint density at radius 2 is 1.68 bits per heavy atom. The second-order valence-corrected chi connectivity index (χ2v) is 25.6. The number of hydrogen-bond donors (Lipinski definition) is 6. The number of amides is 4. The number of esters is 2. The van der Waals surface area contributed by atoms with Crippen LogP contribution in [0.5, 0.6) is 0 Å². The fourth-order valence-electron chi connectivity index (χ4n) is 16.7. The van der Waals surface area contributed by atoms with Gasteiger partial charge in [-0.2, -0.15) is 0 Å². The van der Waals surface area contributed by atoms with Crippen molar-refractivity contribution in [1.82, 2.24) is 30.5 Å². The third-order valence-corrected chi connectivity index (χ3v) is 20.5. The van der Waals surface area contributed by atoms with Crippen molar-refractivity contribution in [3.8, 4) is 0 Å². The minimum absolute atomic E-state index is 0.0570. The number of likely N-dealkylation sites (N-methyl/N-ethyl adjacent to an activating group) is 1. The molecule has 2 saturated carbocycles. The van der Waals surface area contributed by atoms with E-state index in [0.29, 0.717) is 115 Å². The zero-order valence-electron chi connectivity index (χ0n) is 46.8. The van der Waals surface area contributed by atoms with Gasteiger partial charge in [0.1, 0.15) is 11.5 Å². The first kappa shape index (κ1) is 55.1. The summed E-state index contributed by atoms with van der Waals surface area (Å²) in [5, 5.41) is 39.4. The molecule has 4 amide bonds. The van der Waals surface area contributed by atoms with Crippen LogP contribution in [0.1, 0.15) is 121 Å². The van der Waals surface area contributed by atoms with E-state index >= 15 is 9.59 Å². The van der Waals surface area contributed by atoms with E-state index in [1.165, 1.54) is 12.0 Å². The molecule has 2 bridgehead atoms. The molecule has 79 heavy (non-hydrogen) atoms. The lowest BCUT2D eigenvalue weighted by Gasteiger charge is -2.63. The number of nitrogens with one attached hydrogen (secondary N) is 3. The minimum atomic E-state index is -2.57. The summed E-state index contributed by atoms with van der Waals surface area (Å²) in [4.78, 5) is 94.3. The van der Waals surface area contributed by atoms with Crippen LogP contribution in [0.15, 0.2) is 54.6 Å². The predicted molar refractivity (Wildman–Crippen MR) is 291 cm³/mol. The number of aliphatic hydroxyl groups is 3. The number of hydrazine groups is 1. The molecule has 426 valence electrons. The Labute approximate surface area is 461 Å². The third kappa shape index (κ3) is 8.52. The van der Waals surface area contributed by atoms with Gasteiger partial charge in [-0.25, -0.2) is 10.2 Å². The number of ether oxygens (including phenoxy) is 3. The van der Waals surface area contributed by atoms with E-state index in [2.05, 4.69) is 37.8 Å². The summed E-state index contributed by atoms with van der Waals surface area (Å²) < 4.78 is 16.5. The number of imide groups is 1. The molecule has 8 aliphatic rings. The number of rotatable bonds is 10. The zero-order chi connectivity index (χ0) is 56.2. The molecule has 19 nitrogen and oxygen atoms in total. The summed E-state index contributed by atoms with van der Waals surface area (Å²) in [6.07, 6.45) is 6.30. The van der Waals surface area contributed by atoms with Gasteiger partial charge < -0.3 is 39.4 Å². The van der Waals surface area contributed by atoms with Crippen LogP contribution in [-0.2, 0) is 55.4 Å². The molecule has 0 radical (unpaired) electrons. The first-order valence-electron chi connectivity index (χ1n) is 28.7. The lowest BCUT2D eigenvalue weighted by Crippen LogP contribution is -2.82. The maximum absolute atomic E-state index is 15.3. The van der Waals surface area contributed by atoms with Gasteiger partial charge in [0.15, 0.2) is 5.60 Å². The quantitative estimate of drug-likeness (QED) is 0.0529. The van der Waals surface area contributed by atoms with E-state index in [1.54, 1.807) is 7.05 Å². The number of piperidine rings is 1. The molecule has 1 spiro atoms. The molecule has 3 aromatic rings. The van der Waals surface area contributed by atoms with Crippen LogP contribution < -0.4 is 15.8 Å². The Balaban J connectivity index is 0.855. The molecular formula is C60H79N7O12. The van der Waals surface area contributed by atoms with Crippen LogP contribution in [-0.4, -0.2) is 160 Å². The third-order valence-electron chi connectivity index (χ3n) is 20.5. The van der Waals surface area contributed by atoms with Gasteiger partial charge in [-0.05, 0) is 117 Å². The Kier molecular flexibility index (Phi) is 13.9. The molecule has 11 atom stereocenters. The van der Waals surface area contributed by atoms with Crippen molar-refractivity contribution in [2.75, 3.05) is 65.1 Å². The van der Waals surface area contributed by atoms with E-state index in [-0.39, 0.29) is 41.4 Å². The molecule has 1 aromatic heterocycles. The fourth-order valence-corrected chi connectivity index (χ4v) is 16.7. The van der Waals surface area contributed by atoms with Crippen molar-refractivity contribution < 1.29 is 58.3 Å². The number of H-pyrrole nitrogens is 1. The summed E-state index contributed by atoms with van der Waals surface area (Å²) in [5.41, 5.74) is 2.05. The number of carbonyl (C=O) groups is 6. The predicted octanol–water partition coefficient (Wildman–Crippen LogP) is 4.72. The second kappa shape index (κ2) is 20.0. The largest absolute Gasteiger partial charge is 0.468 e. The normalized spacial score (nSPS) is 35.8. The zero-order valence-corrected chi connectivity index (χ0v) is 46.8. The van der Waals surface area contributed by atoms with E-state index < -0.39 is 82.3 Å². The highest BCUT2D eigenvalue weighted by atomic mass is 16.7. The van der Waals surface area contributed by atoms with Crippen molar-refractivity contribution in [2.24, 2.45) is 34.5 Å². The highest BCUT2D eigenvalue weighted by molar-refractivity contribution is 6.04. The molecule has 11 rings (SSSR count). The van der Waals surface area contributed by atoms with Gasteiger partial charge >= 0.3 is 18.0 Å². The lowest BCUT2D eigenvalue weighted by molar-refractivity contribution is -0.204. The number of para-hydroxylation sites is 1. The summed E-state index contributed by atoms with van der Waals surface area (Å²) in [6.45, 7) is 12.5. The Morgan fingerprint density at radius 1 is 0.924 bits per heavy atom. The van der Waals surface area contributed by atoms with Gasteiger partial charge in [0.05, 0.1) is 30.6 Å². The van der Waals surface area contributed by atoms with Gasteiger partial charge in [-0.3, -0.25) is 44.1 Å². The number of aromatic amines is 1. The van der Waals surface area contributed by atoms with Gasteiger partial charge in [-0.1, -0.05) is 77.1 Å². The number of anilines is 1. The van der Waals surface area contributed by atoms with Crippen LogP contribution in [0.4, 0.5) is 10.5 Å². The summed E-state index contributed by atoms with van der Waals surface area (Å²) >= 11 is 0. The van der Waals surface area contributed by atoms with Gasteiger partial charge in [0.25, 0.3) is 5.91 Å². The molecule has 2 aromatic carbocycles. The summed E-state index contributed by atoms with van der Waals surface area (Å²) in [6, 6.07) is 12.6. The molecule has 5 fully saturated rings. The van der Waals surface area contributed by atoms with Crippen LogP contribution in [0.25, 0.3) is 10.9 Å². The molecular weight excluding hydrogens is 1010 g/mol. The number of aliphatic hydroxyl groups excluding tert-OH is 1. The van der Waals surface area contributed by atoms with Gasteiger partial charge in [0.2, 0.25) is 18.6 Å². The first-order valence-corrected chi connectivity index (χ1v) is 28.7. The number of benzene rings is 2. The number of fused-ring (bicyclic) bond motifs is 6. The van der Waals surface area contributed by atoms with Crippen LogP contribution in [0, 0.1) is 34.5 Å². The number of nitrogens with zero attached hydrogens (tertiary/aromatic N) is 4. The number of aromatic nitrogens is 1. The lowest BCUT2D eigenvalue weighted by atomic mass is 9.47. The average molecular weight is 1090 g/mol. The van der Waals surface area contributed by atoms with Crippen LogP contribution >= 0.6 is 0 Å². The minimum Gasteiger partial charge on any atom is -0.468 e. The fraction of sp³-hybridized carbons (Fsp3) is 0.633. The van der Waals surface area contributed by atoms with Gasteiger partial charge in [0, 0.05) is 85.3 Å². The topological polar surface area (TPSA) is 244 Å². The molecule has 2 unspecified atom stereocenters. The van der Waals surface area contributed by atoms with E-state index in [1.807, 2.05) is 82.0 Å². The van der Waals surface area contributed by atoms with Crippen molar-refractivity contribution in [2.45, 2.75) is 145 Å². The van der Waals surface area contributed by atoms with Gasteiger partial charge in [-0.15, -0.1) is 0 Å². The monoisotopic (exact) mass is 1090 g/mol. The SMILES string of the molecule is CC[C@]1(O)C[C@@H]2CN(CCc3c([nH]c4ccccc34)[C@@](C(=O)OC)(c3ccc4c(c3)[C@@]35CCN6CC=C[C@@](CC)([C@@H](O)[C@](O)(C(=O)NNC(=O)OCOC(=O)C7CCC(CN8C(=O)CC(C(C)(C)C)C8=O)CC7)[C@@H]3N4C)[C@H]65)C2)C1. The number of likely N-dealkylation sites (tertiary alicyclic amines) is 1. The summed E-state index contributed by atoms with van der Waals surface area (Å²) in [7, 11) is 3.22. The standard InChI is InChI=1S/C60H79N7O12/c1-8-56(75)29-36-30-59(53(73)77-7,46-40(21-25-65(31-36)33-56)39-13-10-11-14-43(39)61-46)38-19-20-44-41(27-38)58-23-26-66-24-12-22-57(9-2,49(58)66)51(71)60(76,50(58)64(44)6)52(72)62-63-54(74)79-34-78-48(70)37-17-15-35(16-18-37)32-67-45(68)28-42(47(67)69)55(3,4)5/h10-14,19-20,22,27,35-37,42,49-51,61,71,75-76H,8-9,15-18,21,23-26,28-34H2,1-7H3,(H,62,72)(H,63,74)/t35?,36-,37?,42?,49-,50+,51+,56-,57+,58+,59-,60-/m0/s1. The number of carbonyl (C=O) groups excluding carboxylic acids is 6. The van der Waals surface area contributed by atoms with Crippen LogP contribution in [0.3, 0.4) is 0 Å². The highest BCUT2D eigenvalue weighted by Gasteiger charge is 2.79. The second-order valence-electron chi connectivity index (χ2n) is 25.6. The number of methoxy groups -OCH3 is 1. The average Bonchev–Trinajstić information content (AvgIpc) is 3.10. The van der Waals surface area contributed by atoms with E-state index in [4.69, 9.17) is 14.2 Å².